The van der Waals surface area contributed by atoms with Gasteiger partial charge in [-0.1, -0.05) is 13.8 Å². The highest BCUT2D eigenvalue weighted by molar-refractivity contribution is 8.00. The summed E-state index contributed by atoms with van der Waals surface area (Å²) in [5.74, 6) is 0.829. The van der Waals surface area contributed by atoms with Gasteiger partial charge in [0.2, 0.25) is 5.91 Å². The second-order valence-electron chi connectivity index (χ2n) is 4.70. The first kappa shape index (κ1) is 12.6. The molecular weight excluding hydrogens is 210 g/mol. The van der Waals surface area contributed by atoms with Crippen LogP contribution in [0.25, 0.3) is 0 Å². The molecule has 0 bridgehead atoms. The molecule has 0 aliphatic heterocycles. The van der Waals surface area contributed by atoms with E-state index in [1.165, 1.54) is 0 Å². The van der Waals surface area contributed by atoms with Crippen molar-refractivity contribution in [3.8, 4) is 0 Å². The quantitative estimate of drug-likeness (QED) is 0.800. The van der Waals surface area contributed by atoms with Gasteiger partial charge in [-0.05, 0) is 11.8 Å². The number of rotatable bonds is 3. The van der Waals surface area contributed by atoms with Gasteiger partial charge in [0.15, 0.2) is 0 Å². The van der Waals surface area contributed by atoms with E-state index in [0.717, 1.165) is 6.42 Å². The number of hydrogen-bond acceptors (Lipinski definition) is 3. The van der Waals surface area contributed by atoms with E-state index in [9.17, 15) is 9.59 Å². The second-order valence-corrected chi connectivity index (χ2v) is 5.90. The molecule has 0 aromatic heterocycles. The largest absolute Gasteiger partial charge is 0.358 e. The van der Waals surface area contributed by atoms with Crippen molar-refractivity contribution in [2.24, 2.45) is 5.41 Å². The fourth-order valence-corrected chi connectivity index (χ4v) is 3.11. The predicted octanol–water partition coefficient (Wildman–Crippen LogP) is 1.61. The molecule has 1 unspecified atom stereocenters. The summed E-state index contributed by atoms with van der Waals surface area (Å²) in [7, 11) is 1.64. The van der Waals surface area contributed by atoms with E-state index < -0.39 is 0 Å². The number of hydrogen-bond donors (Lipinski definition) is 1. The minimum Gasteiger partial charge on any atom is -0.358 e. The summed E-state index contributed by atoms with van der Waals surface area (Å²) in [5, 5.41) is 2.89. The topological polar surface area (TPSA) is 46.2 Å². The molecule has 0 spiro atoms. The number of nitrogens with one attached hydrogen (secondary N) is 1. The van der Waals surface area contributed by atoms with Crippen molar-refractivity contribution in [2.45, 2.75) is 38.4 Å². The fourth-order valence-electron chi connectivity index (χ4n) is 1.74. The van der Waals surface area contributed by atoms with E-state index in [1.807, 2.05) is 0 Å². The van der Waals surface area contributed by atoms with Crippen molar-refractivity contribution < 1.29 is 9.59 Å². The Morgan fingerprint density at radius 1 is 1.60 bits per heavy atom. The van der Waals surface area contributed by atoms with Crippen molar-refractivity contribution in [1.82, 2.24) is 5.32 Å². The molecular formula is C11H19NO2S. The highest BCUT2D eigenvalue weighted by atomic mass is 32.2. The van der Waals surface area contributed by atoms with Crippen molar-refractivity contribution >= 4 is 23.5 Å². The lowest BCUT2D eigenvalue weighted by molar-refractivity contribution is -0.122. The Morgan fingerprint density at radius 2 is 2.27 bits per heavy atom. The zero-order chi connectivity index (χ0) is 11.5. The molecule has 1 aliphatic carbocycles. The van der Waals surface area contributed by atoms with E-state index in [-0.39, 0.29) is 16.6 Å². The SMILES string of the molecule is CNC(=O)CSC1CC(=O)CCC1(C)C. The van der Waals surface area contributed by atoms with Crippen LogP contribution in [0, 0.1) is 5.41 Å². The third-order valence-corrected chi connectivity index (χ3v) is 4.66. The summed E-state index contributed by atoms with van der Waals surface area (Å²) < 4.78 is 0. The average molecular weight is 229 g/mol. The minimum atomic E-state index is 0.0359. The molecule has 0 saturated heterocycles. The molecule has 0 radical (unpaired) electrons. The molecule has 1 fully saturated rings. The Balaban J connectivity index is 2.50. The van der Waals surface area contributed by atoms with Crippen LogP contribution < -0.4 is 5.32 Å². The van der Waals surface area contributed by atoms with Crippen LogP contribution in [-0.4, -0.2) is 29.7 Å². The van der Waals surface area contributed by atoms with Gasteiger partial charge in [0.1, 0.15) is 5.78 Å². The van der Waals surface area contributed by atoms with Gasteiger partial charge in [-0.2, -0.15) is 0 Å². The zero-order valence-corrected chi connectivity index (χ0v) is 10.4. The third-order valence-electron chi connectivity index (χ3n) is 3.03. The molecule has 1 saturated carbocycles. The summed E-state index contributed by atoms with van der Waals surface area (Å²) >= 11 is 1.61. The molecule has 1 atom stereocenters. The van der Waals surface area contributed by atoms with Crippen molar-refractivity contribution in [3.05, 3.63) is 0 Å². The molecule has 1 N–H and O–H groups in total. The Labute approximate surface area is 95.4 Å². The Hall–Kier alpha value is -0.510. The lowest BCUT2D eigenvalue weighted by Gasteiger charge is -2.37. The zero-order valence-electron chi connectivity index (χ0n) is 9.63. The van der Waals surface area contributed by atoms with Crippen molar-refractivity contribution in [2.75, 3.05) is 12.8 Å². The Bertz CT molecular complexity index is 263. The van der Waals surface area contributed by atoms with Gasteiger partial charge in [0, 0.05) is 25.1 Å². The van der Waals surface area contributed by atoms with Gasteiger partial charge in [-0.15, -0.1) is 11.8 Å². The smallest absolute Gasteiger partial charge is 0.229 e. The minimum absolute atomic E-state index is 0.0359. The molecule has 4 heteroatoms. The van der Waals surface area contributed by atoms with Gasteiger partial charge in [-0.25, -0.2) is 0 Å². The lowest BCUT2D eigenvalue weighted by Crippen LogP contribution is -2.35. The summed E-state index contributed by atoms with van der Waals surface area (Å²) in [4.78, 5) is 22.5. The molecule has 1 amide bonds. The highest BCUT2D eigenvalue weighted by Gasteiger charge is 2.36. The molecule has 0 aromatic carbocycles. The molecule has 15 heavy (non-hydrogen) atoms. The lowest BCUT2D eigenvalue weighted by atomic mass is 9.76. The van der Waals surface area contributed by atoms with E-state index >= 15 is 0 Å². The Kier molecular flexibility index (Phi) is 4.20. The normalized spacial score (nSPS) is 25.0. The maximum atomic E-state index is 11.4. The number of Topliss-reactive ketones (excluding diaryl/α,β-unsaturated/α-hetero) is 1. The molecule has 1 rings (SSSR count). The summed E-state index contributed by atoms with van der Waals surface area (Å²) in [6, 6.07) is 0. The molecule has 86 valence electrons. The van der Waals surface area contributed by atoms with E-state index in [2.05, 4.69) is 19.2 Å². The van der Waals surface area contributed by atoms with Crippen LogP contribution >= 0.6 is 11.8 Å². The van der Waals surface area contributed by atoms with E-state index in [4.69, 9.17) is 0 Å². The van der Waals surface area contributed by atoms with Crippen molar-refractivity contribution in [1.29, 1.82) is 0 Å². The molecule has 0 heterocycles. The van der Waals surface area contributed by atoms with Crippen molar-refractivity contribution in [3.63, 3.8) is 0 Å². The monoisotopic (exact) mass is 229 g/mol. The number of carbonyl (C=O) groups is 2. The maximum Gasteiger partial charge on any atom is 0.229 e. The number of ketones is 1. The van der Waals surface area contributed by atoms with Crippen LogP contribution in [0.3, 0.4) is 0 Å². The molecule has 0 aromatic rings. The van der Waals surface area contributed by atoms with Crippen LogP contribution in [0.2, 0.25) is 0 Å². The highest BCUT2D eigenvalue weighted by Crippen LogP contribution is 2.41. The van der Waals surface area contributed by atoms with Crippen LogP contribution in [-0.2, 0) is 9.59 Å². The number of thioether (sulfide) groups is 1. The van der Waals surface area contributed by atoms with Gasteiger partial charge in [0.25, 0.3) is 0 Å². The van der Waals surface area contributed by atoms with Gasteiger partial charge in [-0.3, -0.25) is 9.59 Å². The predicted molar refractivity (Wildman–Crippen MR) is 63.0 cm³/mol. The molecule has 1 aliphatic rings. The van der Waals surface area contributed by atoms with E-state index in [1.54, 1.807) is 18.8 Å². The van der Waals surface area contributed by atoms with Gasteiger partial charge >= 0.3 is 0 Å². The van der Waals surface area contributed by atoms with E-state index in [0.29, 0.717) is 24.4 Å². The van der Waals surface area contributed by atoms with Gasteiger partial charge < -0.3 is 5.32 Å². The first-order chi connectivity index (χ1) is 6.95. The third kappa shape index (κ3) is 3.52. The van der Waals surface area contributed by atoms with Crippen LogP contribution in [0.15, 0.2) is 0 Å². The van der Waals surface area contributed by atoms with Crippen LogP contribution in [0.1, 0.15) is 33.1 Å². The maximum absolute atomic E-state index is 11.4. The summed E-state index contributed by atoms with van der Waals surface area (Å²) in [5.41, 5.74) is 0.173. The average Bonchev–Trinajstić information content (AvgIpc) is 2.19. The Morgan fingerprint density at radius 3 is 2.87 bits per heavy atom. The van der Waals surface area contributed by atoms with Crippen LogP contribution in [0.5, 0.6) is 0 Å². The first-order valence-electron chi connectivity index (χ1n) is 5.29. The fraction of sp³-hybridized carbons (Fsp3) is 0.818. The number of amides is 1. The first-order valence-corrected chi connectivity index (χ1v) is 6.34. The summed E-state index contributed by atoms with van der Waals surface area (Å²) in [6.07, 6.45) is 2.26. The van der Waals surface area contributed by atoms with Crippen LogP contribution in [0.4, 0.5) is 0 Å². The number of carbonyl (C=O) groups excluding carboxylic acids is 2. The summed E-state index contributed by atoms with van der Waals surface area (Å²) in [6.45, 7) is 4.36. The standard InChI is InChI=1S/C11H19NO2S/c1-11(2)5-4-8(13)6-9(11)15-7-10(14)12-3/h9H,4-7H2,1-3H3,(H,12,14). The molecule has 3 nitrogen and oxygen atoms in total. The second kappa shape index (κ2) is 5.01. The van der Waals surface area contributed by atoms with Gasteiger partial charge in [0.05, 0.1) is 5.75 Å².